The molecular formula is C17H18O2S. The zero-order valence-corrected chi connectivity index (χ0v) is 12.5. The molecule has 0 atom stereocenters. The quantitative estimate of drug-likeness (QED) is 0.855. The lowest BCUT2D eigenvalue weighted by molar-refractivity contribution is 0.599. The second-order valence-corrected chi connectivity index (χ2v) is 6.74. The van der Waals surface area contributed by atoms with Crippen molar-refractivity contribution in [2.45, 2.75) is 18.7 Å². The fraction of sp³-hybridized carbons (Fsp3) is 0.176. The average molecular weight is 286 g/mol. The summed E-state index contributed by atoms with van der Waals surface area (Å²) < 4.78 is 24.9. The van der Waals surface area contributed by atoms with Crippen LogP contribution in [-0.4, -0.2) is 14.2 Å². The Hall–Kier alpha value is -1.87. The van der Waals surface area contributed by atoms with E-state index in [-0.39, 0.29) is 5.75 Å². The minimum Gasteiger partial charge on any atom is -0.223 e. The lowest BCUT2D eigenvalue weighted by Crippen LogP contribution is -2.08. The van der Waals surface area contributed by atoms with Crippen LogP contribution in [0.4, 0.5) is 0 Å². The molecule has 0 fully saturated rings. The van der Waals surface area contributed by atoms with Gasteiger partial charge in [-0.1, -0.05) is 54.1 Å². The first-order chi connectivity index (χ1) is 9.53. The monoisotopic (exact) mass is 286 g/mol. The van der Waals surface area contributed by atoms with Gasteiger partial charge in [-0.15, -0.1) is 0 Å². The first-order valence-corrected chi connectivity index (χ1v) is 8.18. The van der Waals surface area contributed by atoms with Gasteiger partial charge in [-0.2, -0.15) is 0 Å². The topological polar surface area (TPSA) is 34.1 Å². The molecule has 0 aliphatic carbocycles. The van der Waals surface area contributed by atoms with Crippen molar-refractivity contribution < 1.29 is 8.42 Å². The van der Waals surface area contributed by atoms with Crippen molar-refractivity contribution in [1.29, 1.82) is 0 Å². The molecule has 0 saturated heterocycles. The van der Waals surface area contributed by atoms with E-state index in [1.807, 2.05) is 62.4 Å². The third-order valence-electron chi connectivity index (χ3n) is 3.22. The van der Waals surface area contributed by atoms with E-state index in [1.54, 1.807) is 12.1 Å². The molecule has 2 aromatic rings. The molecule has 2 rings (SSSR count). The number of rotatable bonds is 4. The van der Waals surface area contributed by atoms with E-state index in [9.17, 15) is 8.42 Å². The molecule has 2 nitrogen and oxygen atoms in total. The van der Waals surface area contributed by atoms with E-state index in [0.29, 0.717) is 4.90 Å². The van der Waals surface area contributed by atoms with Crippen molar-refractivity contribution in [3.8, 4) is 0 Å². The maximum absolute atomic E-state index is 12.4. The lowest BCUT2D eigenvalue weighted by Gasteiger charge is -2.09. The Balaban J connectivity index is 2.30. The third kappa shape index (κ3) is 3.36. The van der Waals surface area contributed by atoms with E-state index in [1.165, 1.54) is 0 Å². The molecule has 0 aliphatic rings. The van der Waals surface area contributed by atoms with E-state index < -0.39 is 9.84 Å². The number of hydrogen-bond donors (Lipinski definition) is 0. The van der Waals surface area contributed by atoms with Crippen LogP contribution in [0.5, 0.6) is 0 Å². The highest BCUT2D eigenvalue weighted by Crippen LogP contribution is 2.21. The Labute approximate surface area is 120 Å². The summed E-state index contributed by atoms with van der Waals surface area (Å²) >= 11 is 0. The molecule has 0 bridgehead atoms. The Morgan fingerprint density at radius 1 is 1.00 bits per heavy atom. The van der Waals surface area contributed by atoms with Gasteiger partial charge in [0.2, 0.25) is 0 Å². The minimum absolute atomic E-state index is 0.0244. The Morgan fingerprint density at radius 3 is 2.15 bits per heavy atom. The number of allylic oxidation sites excluding steroid dienone is 1. The third-order valence-corrected chi connectivity index (χ3v) is 4.90. The fourth-order valence-corrected chi connectivity index (χ4v) is 3.48. The summed E-state index contributed by atoms with van der Waals surface area (Å²) in [6.07, 6.45) is 1.86. The maximum atomic E-state index is 12.4. The Morgan fingerprint density at radius 2 is 1.60 bits per heavy atom. The molecule has 0 radical (unpaired) electrons. The summed E-state index contributed by atoms with van der Waals surface area (Å²) in [7, 11) is -3.30. The first kappa shape index (κ1) is 14.5. The minimum atomic E-state index is -3.30. The summed E-state index contributed by atoms with van der Waals surface area (Å²) in [6, 6.07) is 16.6. The van der Waals surface area contributed by atoms with Gasteiger partial charge in [0.05, 0.1) is 10.6 Å². The Kier molecular flexibility index (Phi) is 4.40. The van der Waals surface area contributed by atoms with E-state index in [2.05, 4.69) is 0 Å². The molecule has 2 aromatic carbocycles. The molecule has 20 heavy (non-hydrogen) atoms. The average Bonchev–Trinajstić information content (AvgIpc) is 2.46. The summed E-state index contributed by atoms with van der Waals surface area (Å²) in [5.41, 5.74) is 2.83. The van der Waals surface area contributed by atoms with Crippen LogP contribution >= 0.6 is 0 Å². The molecule has 0 N–H and O–H groups in total. The number of aryl methyl sites for hydroxylation is 1. The zero-order chi connectivity index (χ0) is 14.6. The van der Waals surface area contributed by atoms with Gasteiger partial charge in [-0.05, 0) is 37.1 Å². The normalized spacial score (nSPS) is 12.4. The summed E-state index contributed by atoms with van der Waals surface area (Å²) in [5, 5.41) is 0. The maximum Gasteiger partial charge on any atom is 0.182 e. The van der Waals surface area contributed by atoms with Gasteiger partial charge >= 0.3 is 0 Å². The molecule has 0 amide bonds. The second-order valence-electron chi connectivity index (χ2n) is 4.75. The van der Waals surface area contributed by atoms with Crippen LogP contribution in [0.25, 0.3) is 5.57 Å². The molecule has 0 aliphatic heterocycles. The van der Waals surface area contributed by atoms with Gasteiger partial charge < -0.3 is 0 Å². The second kappa shape index (κ2) is 6.06. The predicted molar refractivity (Wildman–Crippen MR) is 83.3 cm³/mol. The lowest BCUT2D eigenvalue weighted by atomic mass is 10.1. The molecule has 3 heteroatoms. The van der Waals surface area contributed by atoms with Gasteiger partial charge in [-0.25, -0.2) is 8.42 Å². The van der Waals surface area contributed by atoms with Crippen LogP contribution in [0.3, 0.4) is 0 Å². The molecular weight excluding hydrogens is 268 g/mol. The predicted octanol–water partition coefficient (Wildman–Crippen LogP) is 3.87. The first-order valence-electron chi connectivity index (χ1n) is 6.53. The summed E-state index contributed by atoms with van der Waals surface area (Å²) in [6.45, 7) is 3.81. The van der Waals surface area contributed by atoms with Crippen molar-refractivity contribution in [2.75, 3.05) is 5.75 Å². The van der Waals surface area contributed by atoms with Crippen LogP contribution in [0.2, 0.25) is 0 Å². The summed E-state index contributed by atoms with van der Waals surface area (Å²) in [4.78, 5) is 0.374. The highest BCUT2D eigenvalue weighted by molar-refractivity contribution is 7.91. The SMILES string of the molecule is C/C=C(/CS(=O)(=O)c1ccc(C)cc1)c1ccccc1. The van der Waals surface area contributed by atoms with Crippen LogP contribution in [0.15, 0.2) is 65.6 Å². The summed E-state index contributed by atoms with van der Waals surface area (Å²) in [5.74, 6) is 0.0244. The van der Waals surface area contributed by atoms with Crippen LogP contribution in [0, 0.1) is 6.92 Å². The highest BCUT2D eigenvalue weighted by atomic mass is 32.2. The van der Waals surface area contributed by atoms with Crippen molar-refractivity contribution in [1.82, 2.24) is 0 Å². The molecule has 0 saturated carbocycles. The largest absolute Gasteiger partial charge is 0.223 e. The smallest absolute Gasteiger partial charge is 0.182 e. The van der Waals surface area contributed by atoms with Gasteiger partial charge in [-0.3, -0.25) is 0 Å². The van der Waals surface area contributed by atoms with E-state index >= 15 is 0 Å². The van der Waals surface area contributed by atoms with Crippen LogP contribution < -0.4 is 0 Å². The van der Waals surface area contributed by atoms with Crippen molar-refractivity contribution in [3.05, 3.63) is 71.8 Å². The van der Waals surface area contributed by atoms with Gasteiger partial charge in [0.15, 0.2) is 9.84 Å². The molecule has 0 heterocycles. The van der Waals surface area contributed by atoms with Gasteiger partial charge in [0.1, 0.15) is 0 Å². The fourth-order valence-electron chi connectivity index (χ4n) is 2.02. The van der Waals surface area contributed by atoms with Crippen LogP contribution in [-0.2, 0) is 9.84 Å². The number of sulfone groups is 1. The number of benzene rings is 2. The molecule has 0 spiro atoms. The van der Waals surface area contributed by atoms with E-state index in [4.69, 9.17) is 0 Å². The molecule has 104 valence electrons. The van der Waals surface area contributed by atoms with Gasteiger partial charge in [0.25, 0.3) is 0 Å². The highest BCUT2D eigenvalue weighted by Gasteiger charge is 2.17. The molecule has 0 unspecified atom stereocenters. The van der Waals surface area contributed by atoms with Crippen LogP contribution in [0.1, 0.15) is 18.1 Å². The number of hydrogen-bond acceptors (Lipinski definition) is 2. The van der Waals surface area contributed by atoms with Gasteiger partial charge in [0, 0.05) is 0 Å². The van der Waals surface area contributed by atoms with E-state index in [0.717, 1.165) is 16.7 Å². The van der Waals surface area contributed by atoms with Crippen molar-refractivity contribution in [3.63, 3.8) is 0 Å². The van der Waals surface area contributed by atoms with Crippen molar-refractivity contribution in [2.24, 2.45) is 0 Å². The zero-order valence-electron chi connectivity index (χ0n) is 11.7. The van der Waals surface area contributed by atoms with Crippen molar-refractivity contribution >= 4 is 15.4 Å². The standard InChI is InChI=1S/C17H18O2S/c1-3-15(16-7-5-4-6-8-16)13-20(18,19)17-11-9-14(2)10-12-17/h3-12H,13H2,1-2H3/b15-3-. The Bertz CT molecular complexity index is 696. The molecule has 0 aromatic heterocycles.